The molecule has 0 fully saturated rings. The lowest BCUT2D eigenvalue weighted by atomic mass is 9.88. The number of hydrogen-bond donors (Lipinski definition) is 1. The van der Waals surface area contributed by atoms with E-state index in [9.17, 15) is 9.59 Å². The third-order valence-corrected chi connectivity index (χ3v) is 3.32. The topological polar surface area (TPSA) is 49.4 Å². The largest absolute Gasteiger partial charge is 0.355 e. The Labute approximate surface area is 124 Å². The zero-order valence-corrected chi connectivity index (χ0v) is 14.1. The van der Waals surface area contributed by atoms with Gasteiger partial charge in [0.25, 0.3) is 0 Å². The van der Waals surface area contributed by atoms with Crippen LogP contribution in [0.1, 0.15) is 53.9 Å². The van der Waals surface area contributed by atoms with Gasteiger partial charge in [0.2, 0.25) is 5.91 Å². The molecular weight excluding hydrogens is 252 g/mol. The molecule has 0 aromatic heterocycles. The van der Waals surface area contributed by atoms with Crippen LogP contribution in [0.4, 0.5) is 0 Å². The van der Waals surface area contributed by atoms with E-state index in [1.165, 1.54) is 6.42 Å². The number of likely N-dealkylation sites (N-methyl/N-ethyl adjacent to an activating group) is 1. The highest BCUT2D eigenvalue weighted by molar-refractivity contribution is 5.88. The van der Waals surface area contributed by atoms with Gasteiger partial charge in [0.1, 0.15) is 5.78 Å². The van der Waals surface area contributed by atoms with Gasteiger partial charge in [-0.3, -0.25) is 9.59 Å². The number of ketones is 1. The third-order valence-electron chi connectivity index (χ3n) is 3.32. The molecule has 4 heteroatoms. The molecule has 0 bridgehead atoms. The molecule has 0 spiro atoms. The Balaban J connectivity index is 3.71. The second kappa shape index (κ2) is 9.11. The van der Waals surface area contributed by atoms with Crippen LogP contribution in [0.3, 0.4) is 0 Å². The van der Waals surface area contributed by atoms with Crippen molar-refractivity contribution in [3.05, 3.63) is 0 Å². The maximum Gasteiger partial charge on any atom is 0.220 e. The van der Waals surface area contributed by atoms with Crippen LogP contribution in [0.5, 0.6) is 0 Å². The fraction of sp³-hybridized carbons (Fsp3) is 0.875. The van der Waals surface area contributed by atoms with Crippen LogP contribution in [-0.4, -0.2) is 43.3 Å². The molecule has 0 aromatic carbocycles. The summed E-state index contributed by atoms with van der Waals surface area (Å²) in [5, 5.41) is 2.88. The monoisotopic (exact) mass is 284 g/mol. The normalized spacial score (nSPS) is 12.0. The summed E-state index contributed by atoms with van der Waals surface area (Å²) in [6, 6.07) is 0. The van der Waals surface area contributed by atoms with Crippen LogP contribution in [0.15, 0.2) is 0 Å². The standard InChI is InChI=1S/C16H32N2O2/c1-13(2)9-11-18(6)12-10-17-15(20)8-7-14(19)16(3,4)5/h13H,7-12H2,1-6H3,(H,17,20). The molecule has 0 saturated carbocycles. The first-order chi connectivity index (χ1) is 9.12. The molecule has 118 valence electrons. The number of amides is 1. The summed E-state index contributed by atoms with van der Waals surface area (Å²) in [6.07, 6.45) is 1.80. The molecule has 20 heavy (non-hydrogen) atoms. The minimum atomic E-state index is -0.350. The Kier molecular flexibility index (Phi) is 8.70. The predicted molar refractivity (Wildman–Crippen MR) is 83.7 cm³/mol. The van der Waals surface area contributed by atoms with E-state index in [4.69, 9.17) is 0 Å². The summed E-state index contributed by atoms with van der Waals surface area (Å²) in [7, 11) is 2.07. The molecule has 0 saturated heterocycles. The second-order valence-electron chi connectivity index (χ2n) is 7.01. The van der Waals surface area contributed by atoms with Gasteiger partial charge in [-0.2, -0.15) is 0 Å². The minimum absolute atomic E-state index is 0.0279. The molecule has 0 aliphatic rings. The Morgan fingerprint density at radius 2 is 1.70 bits per heavy atom. The summed E-state index contributed by atoms with van der Waals surface area (Å²) in [4.78, 5) is 25.6. The summed E-state index contributed by atoms with van der Waals surface area (Å²) >= 11 is 0. The fourth-order valence-electron chi connectivity index (χ4n) is 1.67. The zero-order chi connectivity index (χ0) is 15.8. The Bertz CT molecular complexity index is 306. The molecule has 0 aromatic rings. The molecule has 0 radical (unpaired) electrons. The van der Waals surface area contributed by atoms with Crippen LogP contribution in [0.25, 0.3) is 0 Å². The van der Waals surface area contributed by atoms with E-state index < -0.39 is 0 Å². The van der Waals surface area contributed by atoms with E-state index in [0.717, 1.165) is 13.1 Å². The number of carbonyl (C=O) groups excluding carboxylic acids is 2. The van der Waals surface area contributed by atoms with Gasteiger partial charge >= 0.3 is 0 Å². The maximum absolute atomic E-state index is 11.7. The maximum atomic E-state index is 11.7. The molecule has 0 atom stereocenters. The van der Waals surface area contributed by atoms with Crippen molar-refractivity contribution in [3.8, 4) is 0 Å². The zero-order valence-electron chi connectivity index (χ0n) is 14.1. The lowest BCUT2D eigenvalue weighted by Gasteiger charge is -2.18. The van der Waals surface area contributed by atoms with Gasteiger partial charge in [0.15, 0.2) is 0 Å². The molecule has 4 nitrogen and oxygen atoms in total. The predicted octanol–water partition coefficient (Wildman–Crippen LogP) is 2.48. The highest BCUT2D eigenvalue weighted by Crippen LogP contribution is 2.17. The van der Waals surface area contributed by atoms with Crippen molar-refractivity contribution in [2.24, 2.45) is 11.3 Å². The van der Waals surface area contributed by atoms with Crippen molar-refractivity contribution < 1.29 is 9.59 Å². The lowest BCUT2D eigenvalue weighted by molar-refractivity contribution is -0.129. The molecule has 1 amide bonds. The van der Waals surface area contributed by atoms with Crippen LogP contribution in [0, 0.1) is 11.3 Å². The van der Waals surface area contributed by atoms with Gasteiger partial charge in [-0.05, 0) is 25.9 Å². The van der Waals surface area contributed by atoms with Crippen LogP contribution in [-0.2, 0) is 9.59 Å². The highest BCUT2D eigenvalue weighted by atomic mass is 16.2. The van der Waals surface area contributed by atoms with E-state index in [1.807, 2.05) is 20.8 Å². The summed E-state index contributed by atoms with van der Waals surface area (Å²) in [5.41, 5.74) is -0.350. The summed E-state index contributed by atoms with van der Waals surface area (Å²) < 4.78 is 0. The number of carbonyl (C=O) groups is 2. The number of rotatable bonds is 9. The van der Waals surface area contributed by atoms with Gasteiger partial charge in [0.05, 0.1) is 0 Å². The molecule has 0 aliphatic heterocycles. The molecule has 0 unspecified atom stereocenters. The first kappa shape index (κ1) is 19.1. The van der Waals surface area contributed by atoms with Gasteiger partial charge in [-0.1, -0.05) is 34.6 Å². The number of hydrogen-bond acceptors (Lipinski definition) is 3. The molecular formula is C16H32N2O2. The molecule has 1 N–H and O–H groups in total. The lowest BCUT2D eigenvalue weighted by Crippen LogP contribution is -2.34. The van der Waals surface area contributed by atoms with Crippen LogP contribution in [0.2, 0.25) is 0 Å². The first-order valence-electron chi connectivity index (χ1n) is 7.61. The van der Waals surface area contributed by atoms with Gasteiger partial charge in [-0.25, -0.2) is 0 Å². The van der Waals surface area contributed by atoms with E-state index >= 15 is 0 Å². The van der Waals surface area contributed by atoms with E-state index in [-0.39, 0.29) is 17.1 Å². The van der Waals surface area contributed by atoms with Gasteiger partial charge in [-0.15, -0.1) is 0 Å². The van der Waals surface area contributed by atoms with Crippen molar-refractivity contribution in [1.29, 1.82) is 0 Å². The van der Waals surface area contributed by atoms with E-state index in [0.29, 0.717) is 25.3 Å². The first-order valence-corrected chi connectivity index (χ1v) is 7.61. The van der Waals surface area contributed by atoms with Crippen LogP contribution >= 0.6 is 0 Å². The SMILES string of the molecule is CC(C)CCN(C)CCNC(=O)CCC(=O)C(C)(C)C. The van der Waals surface area contributed by atoms with E-state index in [1.54, 1.807) is 0 Å². The quantitative estimate of drug-likeness (QED) is 0.707. The van der Waals surface area contributed by atoms with Gasteiger partial charge < -0.3 is 10.2 Å². The molecule has 0 rings (SSSR count). The smallest absolute Gasteiger partial charge is 0.220 e. The molecule has 0 heterocycles. The average molecular weight is 284 g/mol. The summed E-state index contributed by atoms with van der Waals surface area (Å²) in [6.45, 7) is 12.6. The highest BCUT2D eigenvalue weighted by Gasteiger charge is 2.21. The molecule has 0 aliphatic carbocycles. The number of nitrogens with zero attached hydrogens (tertiary/aromatic N) is 1. The summed E-state index contributed by atoms with van der Waals surface area (Å²) in [5.74, 6) is 0.817. The second-order valence-corrected chi connectivity index (χ2v) is 7.01. The van der Waals surface area contributed by atoms with Crippen molar-refractivity contribution in [1.82, 2.24) is 10.2 Å². The van der Waals surface area contributed by atoms with Crippen molar-refractivity contribution >= 4 is 11.7 Å². The Morgan fingerprint density at radius 1 is 1.10 bits per heavy atom. The average Bonchev–Trinajstić information content (AvgIpc) is 2.32. The number of nitrogens with one attached hydrogen (secondary N) is 1. The third kappa shape index (κ3) is 9.96. The van der Waals surface area contributed by atoms with Crippen LogP contribution < -0.4 is 5.32 Å². The minimum Gasteiger partial charge on any atom is -0.355 e. The van der Waals surface area contributed by atoms with Gasteiger partial charge in [0, 0.05) is 31.3 Å². The Morgan fingerprint density at radius 3 is 2.20 bits per heavy atom. The van der Waals surface area contributed by atoms with E-state index in [2.05, 4.69) is 31.1 Å². The van der Waals surface area contributed by atoms with Crippen molar-refractivity contribution in [2.75, 3.05) is 26.7 Å². The Hall–Kier alpha value is -0.900. The van der Waals surface area contributed by atoms with Crippen molar-refractivity contribution in [3.63, 3.8) is 0 Å². The number of Topliss-reactive ketones (excluding diaryl/α,β-unsaturated/α-hetero) is 1. The van der Waals surface area contributed by atoms with Crippen molar-refractivity contribution in [2.45, 2.75) is 53.9 Å². The fourth-order valence-corrected chi connectivity index (χ4v) is 1.67.